The third-order valence-corrected chi connectivity index (χ3v) is 18.1. The highest BCUT2D eigenvalue weighted by molar-refractivity contribution is 6.00. The Labute approximate surface area is 673 Å². The first-order valence-corrected chi connectivity index (χ1v) is 38.4. The number of carbonyl (C=O) groups is 16. The lowest BCUT2D eigenvalue weighted by Crippen LogP contribution is -2.60. The second kappa shape index (κ2) is 52.1. The van der Waals surface area contributed by atoms with Gasteiger partial charge in [-0.05, 0) is 113 Å². The number of benzene rings is 3. The number of amides is 16. The highest BCUT2D eigenvalue weighted by Gasteiger charge is 2.37. The van der Waals surface area contributed by atoms with Crippen LogP contribution in [0.15, 0.2) is 91.0 Å². The number of hydrogen-bond donors (Lipinski definition) is 24. The number of rotatable bonds is 54. The van der Waals surface area contributed by atoms with Gasteiger partial charge in [0.05, 0.1) is 25.6 Å². The largest absolute Gasteiger partial charge is 0.370 e. The fourth-order valence-corrected chi connectivity index (χ4v) is 11.6. The molecule has 13 atom stereocenters. The minimum Gasteiger partial charge on any atom is -0.370 e. The van der Waals surface area contributed by atoms with Crippen molar-refractivity contribution >= 4 is 106 Å². The van der Waals surface area contributed by atoms with Crippen molar-refractivity contribution in [3.05, 3.63) is 108 Å². The van der Waals surface area contributed by atoms with Crippen molar-refractivity contribution in [3.63, 3.8) is 0 Å². The van der Waals surface area contributed by atoms with Crippen LogP contribution in [-0.4, -0.2) is 212 Å². The first kappa shape index (κ1) is 97.8. The van der Waals surface area contributed by atoms with Gasteiger partial charge in [-0.15, -0.1) is 0 Å². The predicted octanol–water partition coefficient (Wildman–Crippen LogP) is -5.98. The summed E-state index contributed by atoms with van der Waals surface area (Å²) in [6.07, 6.45) is -0.785. The van der Waals surface area contributed by atoms with Crippen LogP contribution in [-0.2, 0) is 96.0 Å². The van der Waals surface area contributed by atoms with Crippen molar-refractivity contribution in [1.29, 1.82) is 10.8 Å². The number of guanidine groups is 2. The maximum atomic E-state index is 14.6. The van der Waals surface area contributed by atoms with Crippen molar-refractivity contribution in [2.24, 2.45) is 52.0 Å². The van der Waals surface area contributed by atoms with Crippen LogP contribution in [0, 0.1) is 22.7 Å². The number of primary amides is 3. The summed E-state index contributed by atoms with van der Waals surface area (Å²) in [6.45, 7) is 8.35. The summed E-state index contributed by atoms with van der Waals surface area (Å²) in [5.74, 6) is -16.0. The first-order chi connectivity index (χ1) is 54.9. The molecule has 0 aliphatic rings. The van der Waals surface area contributed by atoms with E-state index in [0.29, 0.717) is 29.5 Å². The number of hydrogen-bond acceptors (Lipinski definition) is 20. The normalized spacial score (nSPS) is 14.3. The van der Waals surface area contributed by atoms with Crippen LogP contribution in [0.2, 0.25) is 0 Å². The van der Waals surface area contributed by atoms with E-state index < -0.39 is 211 Å². The Morgan fingerprint density at radius 3 is 1.20 bits per heavy atom. The third kappa shape index (κ3) is 38.4. The second-order valence-corrected chi connectivity index (χ2v) is 28.5. The van der Waals surface area contributed by atoms with E-state index in [-0.39, 0.29) is 95.7 Å². The molecule has 0 spiro atoms. The van der Waals surface area contributed by atoms with E-state index in [1.54, 1.807) is 119 Å². The zero-order valence-electron chi connectivity index (χ0n) is 66.5. The van der Waals surface area contributed by atoms with E-state index >= 15 is 0 Å². The molecule has 40 heteroatoms. The van der Waals surface area contributed by atoms with E-state index in [2.05, 4.69) is 79.8 Å². The minimum atomic E-state index is -1.61. The van der Waals surface area contributed by atoms with Gasteiger partial charge in [0.15, 0.2) is 11.9 Å². The first-order valence-electron chi connectivity index (χ1n) is 38.4. The quantitative estimate of drug-likeness (QED) is 0.0142. The predicted molar refractivity (Wildman–Crippen MR) is 429 cm³/mol. The molecule has 0 bridgehead atoms. The Kier molecular flexibility index (Phi) is 44.0. The van der Waals surface area contributed by atoms with Crippen molar-refractivity contribution in [2.45, 2.75) is 210 Å². The van der Waals surface area contributed by atoms with Gasteiger partial charge in [0.1, 0.15) is 66.5 Å². The van der Waals surface area contributed by atoms with E-state index in [1.807, 2.05) is 0 Å². The Hall–Kier alpha value is -12.4. The van der Waals surface area contributed by atoms with Gasteiger partial charge < -0.3 is 120 Å². The molecule has 31 N–H and O–H groups in total. The highest BCUT2D eigenvalue weighted by atomic mass is 16.2. The maximum Gasteiger partial charge on any atom is 0.243 e. The van der Waals surface area contributed by atoms with Crippen LogP contribution in [0.3, 0.4) is 0 Å². The summed E-state index contributed by atoms with van der Waals surface area (Å²) in [5.41, 5.74) is 41.1. The summed E-state index contributed by atoms with van der Waals surface area (Å²) in [6, 6.07) is 8.84. The van der Waals surface area contributed by atoms with Gasteiger partial charge in [0, 0.05) is 32.4 Å². The molecule has 0 saturated carbocycles. The number of carbonyl (C=O) groups excluding carboxylic acids is 16. The summed E-state index contributed by atoms with van der Waals surface area (Å²) in [5, 5.41) is 53.5. The van der Waals surface area contributed by atoms with E-state index in [9.17, 15) is 76.7 Å². The smallest absolute Gasteiger partial charge is 0.243 e. The summed E-state index contributed by atoms with van der Waals surface area (Å²) in [4.78, 5) is 218. The third-order valence-electron chi connectivity index (χ3n) is 18.1. The van der Waals surface area contributed by atoms with Gasteiger partial charge in [-0.3, -0.25) is 87.5 Å². The number of nitrogens with two attached hydrogens (primary N) is 7. The SMILES string of the molecule is CC[C@H](C)[C@H](NC(=O)[C@H](C)NC(=O)[C@H](CCC(N)=O)NC(=O)CNC(=O)[C@H](C)NC(=O)[C@H](CCCCN)NC(=O)[C@H](CC(C)C)NC(=O)[C@H](CCCNC(=N)N)NC(=O)[C@H](Cc1ccccc1)NC(=O)[C@H](CC(N)=O)NC(=O)[C@@H](N)Cc1ccccc1)C(=O)N[C@@H](CCCNC(=N)N)C(=O)N[C@@H](Cc1ccccc1)C(=O)NCC(N)=O. The molecular weight excluding hydrogens is 1500 g/mol. The summed E-state index contributed by atoms with van der Waals surface area (Å²) < 4.78 is 0. The topological polar surface area (TPSA) is 683 Å². The molecule has 638 valence electrons. The number of unbranched alkanes of at least 4 members (excludes halogenated alkanes) is 1. The lowest BCUT2D eigenvalue weighted by atomic mass is 9.97. The molecule has 0 radical (unpaired) electrons. The fraction of sp³-hybridized carbons (Fsp3) is 0.526. The van der Waals surface area contributed by atoms with Gasteiger partial charge >= 0.3 is 0 Å². The van der Waals surface area contributed by atoms with Gasteiger partial charge in [0.2, 0.25) is 94.5 Å². The van der Waals surface area contributed by atoms with Crippen molar-refractivity contribution in [2.75, 3.05) is 32.7 Å². The Morgan fingerprint density at radius 1 is 0.362 bits per heavy atom. The molecule has 0 unspecified atom stereocenters. The number of nitrogens with one attached hydrogen (secondary N) is 17. The molecule has 0 aliphatic heterocycles. The van der Waals surface area contributed by atoms with E-state index in [0.717, 1.165) is 0 Å². The van der Waals surface area contributed by atoms with Crippen molar-refractivity contribution in [3.8, 4) is 0 Å². The highest BCUT2D eigenvalue weighted by Crippen LogP contribution is 2.15. The lowest BCUT2D eigenvalue weighted by molar-refractivity contribution is -0.136. The van der Waals surface area contributed by atoms with Crippen LogP contribution < -0.4 is 120 Å². The molecule has 40 nitrogen and oxygen atoms in total. The van der Waals surface area contributed by atoms with Crippen LogP contribution in [0.4, 0.5) is 0 Å². The van der Waals surface area contributed by atoms with Gasteiger partial charge in [-0.2, -0.15) is 0 Å². The molecule has 16 amide bonds. The Morgan fingerprint density at radius 2 is 0.750 bits per heavy atom. The molecule has 3 aromatic carbocycles. The van der Waals surface area contributed by atoms with Crippen LogP contribution >= 0.6 is 0 Å². The summed E-state index contributed by atoms with van der Waals surface area (Å²) >= 11 is 0. The van der Waals surface area contributed by atoms with Gasteiger partial charge in [-0.1, -0.05) is 125 Å². The van der Waals surface area contributed by atoms with Gasteiger partial charge in [0.25, 0.3) is 0 Å². The fourth-order valence-electron chi connectivity index (χ4n) is 11.6. The van der Waals surface area contributed by atoms with Crippen LogP contribution in [0.1, 0.15) is 135 Å². The van der Waals surface area contributed by atoms with E-state index in [1.165, 1.54) is 13.8 Å². The molecule has 0 aromatic heterocycles. The molecular formula is C76H118N24O16. The second-order valence-electron chi connectivity index (χ2n) is 28.5. The zero-order valence-corrected chi connectivity index (χ0v) is 66.5. The molecule has 0 aliphatic carbocycles. The Balaban J connectivity index is 1.80. The van der Waals surface area contributed by atoms with Gasteiger partial charge in [-0.25, -0.2) is 0 Å². The molecule has 3 aromatic rings. The molecule has 0 saturated heterocycles. The van der Waals surface area contributed by atoms with Crippen molar-refractivity contribution < 1.29 is 76.7 Å². The maximum absolute atomic E-state index is 14.6. The monoisotopic (exact) mass is 1620 g/mol. The van der Waals surface area contributed by atoms with Crippen molar-refractivity contribution in [1.82, 2.24) is 79.8 Å². The van der Waals surface area contributed by atoms with Crippen LogP contribution in [0.25, 0.3) is 0 Å². The molecule has 0 fully saturated rings. The molecule has 116 heavy (non-hydrogen) atoms. The lowest BCUT2D eigenvalue weighted by Gasteiger charge is -2.29. The van der Waals surface area contributed by atoms with E-state index in [4.69, 9.17) is 51.0 Å². The molecule has 0 heterocycles. The summed E-state index contributed by atoms with van der Waals surface area (Å²) in [7, 11) is 0. The Bertz CT molecular complexity index is 3810. The average Bonchev–Trinajstić information content (AvgIpc) is 0.859. The minimum absolute atomic E-state index is 0.0299. The zero-order chi connectivity index (χ0) is 86.6. The standard InChI is InChI=1S/C76H118N24O16/c1-7-43(4)62(74(116)95-52(29-20-34-87-76(84)85)70(112)98-55(66(108)88-40-60(81)103)37-47-23-13-9-14-24-47)100-64(106)45(6)91-68(110)53(30-31-58(79)101)92-61(104)41-89-63(105)44(5)90-67(109)50(27-17-18-32-77)93-71(113)54(35-42(2)3)97-69(111)51(28-19-33-86-75(82)83)94-72(114)56(38-48-25-15-10-16-26-48)99-73(115)57(39-59(80)102)96-65(107)49(78)36-46-21-11-8-12-22-46/h8-16,21-26,42-45,49-57,62H,7,17-20,27-41,77-78H2,1-6H3,(H2,79,101)(H2,80,102)(H2,81,103)(H,88,108)(H,89,105)(H,90,109)(H,91,110)(H,92,104)(H,93,113)(H,94,114)(H,95,116)(H,96,107)(H,97,111)(H,98,112)(H,99,115)(H,100,106)(H4,82,83,86)(H4,84,85,87)/t43-,44-,45-,49-,50-,51-,52-,53-,54-,55-,56-,57-,62-/m0/s1. The average molecular weight is 1620 g/mol. The van der Waals surface area contributed by atoms with Crippen LogP contribution in [0.5, 0.6) is 0 Å². The molecule has 3 rings (SSSR count).